The van der Waals surface area contributed by atoms with Gasteiger partial charge in [-0.05, 0) is 18.2 Å². The normalized spacial score (nSPS) is 9.94. The van der Waals surface area contributed by atoms with Gasteiger partial charge in [-0.25, -0.2) is 14.8 Å². The summed E-state index contributed by atoms with van der Waals surface area (Å²) in [5, 5.41) is 9.83. The molecule has 0 amide bonds. The zero-order valence-corrected chi connectivity index (χ0v) is 9.12. The highest BCUT2D eigenvalue weighted by atomic mass is 16.5. The van der Waals surface area contributed by atoms with Crippen LogP contribution in [0.5, 0.6) is 5.75 Å². The first-order chi connectivity index (χ1) is 8.22. The van der Waals surface area contributed by atoms with E-state index in [4.69, 9.17) is 0 Å². The zero-order valence-electron chi connectivity index (χ0n) is 9.12. The molecule has 0 saturated carbocycles. The fraction of sp³-hybridized carbons (Fsp3) is 0.0833. The van der Waals surface area contributed by atoms with Crippen LogP contribution in [0.2, 0.25) is 0 Å². The molecule has 0 aliphatic rings. The van der Waals surface area contributed by atoms with E-state index in [1.807, 2.05) is 0 Å². The first kappa shape index (κ1) is 11.1. The lowest BCUT2D eigenvalue weighted by molar-refractivity contribution is 0.0600. The number of benzene rings is 1. The summed E-state index contributed by atoms with van der Waals surface area (Å²) >= 11 is 0. The lowest BCUT2D eigenvalue weighted by atomic mass is 10.1. The molecule has 0 aliphatic carbocycles. The molecule has 86 valence electrons. The minimum absolute atomic E-state index is 0.0114. The summed E-state index contributed by atoms with van der Waals surface area (Å²) in [6.45, 7) is 0. The van der Waals surface area contributed by atoms with Crippen molar-refractivity contribution in [2.45, 2.75) is 0 Å². The second kappa shape index (κ2) is 4.61. The average molecular weight is 230 g/mol. The van der Waals surface area contributed by atoms with E-state index in [-0.39, 0.29) is 5.75 Å². The summed E-state index contributed by atoms with van der Waals surface area (Å²) in [4.78, 5) is 19.0. The van der Waals surface area contributed by atoms with E-state index >= 15 is 0 Å². The molecule has 0 spiro atoms. The van der Waals surface area contributed by atoms with Gasteiger partial charge in [-0.2, -0.15) is 0 Å². The van der Waals surface area contributed by atoms with Crippen LogP contribution in [0.4, 0.5) is 0 Å². The highest BCUT2D eigenvalue weighted by molar-refractivity contribution is 5.91. The van der Waals surface area contributed by atoms with Crippen LogP contribution in [0.1, 0.15) is 10.4 Å². The van der Waals surface area contributed by atoms with Gasteiger partial charge >= 0.3 is 5.97 Å². The molecule has 1 heterocycles. The monoisotopic (exact) mass is 230 g/mol. The van der Waals surface area contributed by atoms with Crippen LogP contribution in [0.15, 0.2) is 36.9 Å². The molecule has 0 unspecified atom stereocenters. The maximum Gasteiger partial charge on any atom is 0.337 e. The number of carbonyl (C=O) groups is 1. The Bertz CT molecular complexity index is 541. The summed E-state index contributed by atoms with van der Waals surface area (Å²) < 4.78 is 4.56. The average Bonchev–Trinajstić information content (AvgIpc) is 2.38. The van der Waals surface area contributed by atoms with Crippen molar-refractivity contribution >= 4 is 5.97 Å². The number of phenols is 1. The number of ether oxygens (including phenoxy) is 1. The topological polar surface area (TPSA) is 72.3 Å². The molecule has 1 aromatic carbocycles. The van der Waals surface area contributed by atoms with Gasteiger partial charge < -0.3 is 9.84 Å². The molecule has 5 heteroatoms. The van der Waals surface area contributed by atoms with Crippen LogP contribution in [0.3, 0.4) is 0 Å². The Labute approximate surface area is 97.7 Å². The second-order valence-electron chi connectivity index (χ2n) is 3.35. The van der Waals surface area contributed by atoms with E-state index in [0.29, 0.717) is 16.7 Å². The number of rotatable bonds is 2. The maximum atomic E-state index is 11.3. The van der Waals surface area contributed by atoms with Crippen molar-refractivity contribution in [1.29, 1.82) is 0 Å². The molecule has 0 bridgehead atoms. The molecule has 1 N–H and O–H groups in total. The van der Waals surface area contributed by atoms with Gasteiger partial charge in [0.1, 0.15) is 12.1 Å². The molecular weight excluding hydrogens is 220 g/mol. The van der Waals surface area contributed by atoms with Crippen LogP contribution >= 0.6 is 0 Å². The van der Waals surface area contributed by atoms with Gasteiger partial charge in [0, 0.05) is 23.5 Å². The third-order valence-corrected chi connectivity index (χ3v) is 2.29. The standard InChI is InChI=1S/C12H10N2O3/c1-17-12(16)8-2-3-10(11(15)4-8)9-5-13-7-14-6-9/h2-7,15H,1H3. The first-order valence-corrected chi connectivity index (χ1v) is 4.89. The highest BCUT2D eigenvalue weighted by Crippen LogP contribution is 2.28. The van der Waals surface area contributed by atoms with Gasteiger partial charge in [0.05, 0.1) is 12.7 Å². The Morgan fingerprint density at radius 2 is 2.00 bits per heavy atom. The van der Waals surface area contributed by atoms with E-state index in [9.17, 15) is 9.90 Å². The molecule has 0 fully saturated rings. The molecule has 1 aromatic heterocycles. The van der Waals surface area contributed by atoms with E-state index in [2.05, 4.69) is 14.7 Å². The Balaban J connectivity index is 2.42. The Morgan fingerprint density at radius 3 is 2.59 bits per heavy atom. The smallest absolute Gasteiger partial charge is 0.337 e. The molecule has 0 aliphatic heterocycles. The molecule has 0 radical (unpaired) electrons. The number of nitrogens with zero attached hydrogens (tertiary/aromatic N) is 2. The van der Waals surface area contributed by atoms with Gasteiger partial charge in [0.25, 0.3) is 0 Å². The van der Waals surface area contributed by atoms with Crippen LogP contribution in [0, 0.1) is 0 Å². The van der Waals surface area contributed by atoms with Gasteiger partial charge in [-0.3, -0.25) is 0 Å². The molecule has 17 heavy (non-hydrogen) atoms. The van der Waals surface area contributed by atoms with Gasteiger partial charge in [-0.15, -0.1) is 0 Å². The van der Waals surface area contributed by atoms with E-state index < -0.39 is 5.97 Å². The van der Waals surface area contributed by atoms with Crippen molar-refractivity contribution in [3.8, 4) is 16.9 Å². The fourth-order valence-electron chi connectivity index (χ4n) is 1.46. The molecule has 0 saturated heterocycles. The van der Waals surface area contributed by atoms with Crippen molar-refractivity contribution in [3.63, 3.8) is 0 Å². The lowest BCUT2D eigenvalue weighted by Crippen LogP contribution is -2.00. The van der Waals surface area contributed by atoms with Gasteiger partial charge in [-0.1, -0.05) is 0 Å². The highest BCUT2D eigenvalue weighted by Gasteiger charge is 2.10. The molecule has 0 atom stereocenters. The number of aromatic hydroxyl groups is 1. The van der Waals surface area contributed by atoms with Crippen molar-refractivity contribution in [2.24, 2.45) is 0 Å². The summed E-state index contributed by atoms with van der Waals surface area (Å²) in [5.74, 6) is -0.501. The summed E-state index contributed by atoms with van der Waals surface area (Å²) in [5.41, 5.74) is 1.55. The second-order valence-corrected chi connectivity index (χ2v) is 3.35. The minimum atomic E-state index is -0.490. The third kappa shape index (κ3) is 2.23. The van der Waals surface area contributed by atoms with E-state index in [1.165, 1.54) is 19.5 Å². The fourth-order valence-corrected chi connectivity index (χ4v) is 1.46. The molecule has 2 rings (SSSR count). The number of hydrogen-bond donors (Lipinski definition) is 1. The Kier molecular flexibility index (Phi) is 3.00. The zero-order chi connectivity index (χ0) is 12.3. The van der Waals surface area contributed by atoms with Crippen LogP contribution < -0.4 is 0 Å². The lowest BCUT2D eigenvalue weighted by Gasteiger charge is -2.05. The first-order valence-electron chi connectivity index (χ1n) is 4.89. The largest absolute Gasteiger partial charge is 0.507 e. The van der Waals surface area contributed by atoms with Gasteiger partial charge in [0.2, 0.25) is 0 Å². The maximum absolute atomic E-state index is 11.3. The van der Waals surface area contributed by atoms with Crippen LogP contribution in [-0.2, 0) is 4.74 Å². The van der Waals surface area contributed by atoms with E-state index in [0.717, 1.165) is 0 Å². The van der Waals surface area contributed by atoms with Crippen molar-refractivity contribution < 1.29 is 14.6 Å². The van der Waals surface area contributed by atoms with E-state index in [1.54, 1.807) is 24.5 Å². The van der Waals surface area contributed by atoms with Crippen molar-refractivity contribution in [3.05, 3.63) is 42.5 Å². The number of carbonyl (C=O) groups excluding carboxylic acids is 1. The Hall–Kier alpha value is -2.43. The quantitative estimate of drug-likeness (QED) is 0.794. The molecular formula is C12H10N2O3. The number of methoxy groups -OCH3 is 1. The van der Waals surface area contributed by atoms with Crippen LogP contribution in [-0.4, -0.2) is 28.2 Å². The van der Waals surface area contributed by atoms with Crippen molar-refractivity contribution in [2.75, 3.05) is 7.11 Å². The van der Waals surface area contributed by atoms with Gasteiger partial charge in [0.15, 0.2) is 0 Å². The summed E-state index contributed by atoms with van der Waals surface area (Å²) in [7, 11) is 1.29. The molecule has 5 nitrogen and oxygen atoms in total. The van der Waals surface area contributed by atoms with Crippen molar-refractivity contribution in [1.82, 2.24) is 9.97 Å². The number of esters is 1. The minimum Gasteiger partial charge on any atom is -0.507 e. The number of phenolic OH excluding ortho intramolecular Hbond substituents is 1. The summed E-state index contributed by atoms with van der Waals surface area (Å²) in [6.07, 6.45) is 4.57. The molecule has 2 aromatic rings. The Morgan fingerprint density at radius 1 is 1.29 bits per heavy atom. The third-order valence-electron chi connectivity index (χ3n) is 2.29. The number of hydrogen-bond acceptors (Lipinski definition) is 5. The van der Waals surface area contributed by atoms with Crippen LogP contribution in [0.25, 0.3) is 11.1 Å². The summed E-state index contributed by atoms with van der Waals surface area (Å²) in [6, 6.07) is 4.56. The predicted octanol–water partition coefficient (Wildman–Crippen LogP) is 1.64. The predicted molar refractivity (Wildman–Crippen MR) is 60.5 cm³/mol. The SMILES string of the molecule is COC(=O)c1ccc(-c2cncnc2)c(O)c1. The number of aromatic nitrogens is 2.